The molecule has 1 aliphatic carbocycles. The van der Waals surface area contributed by atoms with E-state index >= 15 is 0 Å². The number of anilines is 1. The lowest BCUT2D eigenvalue weighted by Gasteiger charge is -2.43. The molecule has 1 saturated carbocycles. The van der Waals surface area contributed by atoms with Crippen LogP contribution in [0.25, 0.3) is 10.8 Å². The van der Waals surface area contributed by atoms with E-state index in [4.69, 9.17) is 33.7 Å². The van der Waals surface area contributed by atoms with Gasteiger partial charge in [-0.3, -0.25) is 24.5 Å². The number of aliphatic hydroxyl groups excluding tert-OH is 2. The molecule has 72 heavy (non-hydrogen) atoms. The summed E-state index contributed by atoms with van der Waals surface area (Å²) in [5, 5.41) is 51.3. The number of rotatable bonds is 7. The van der Waals surface area contributed by atoms with Crippen molar-refractivity contribution in [2.45, 2.75) is 129 Å². The molecule has 6 aliphatic heterocycles. The number of aliphatic hydroxyl groups is 2. The smallest absolute Gasteiger partial charge is 0.410 e. The Morgan fingerprint density at radius 3 is 2.25 bits per heavy atom. The normalized spacial score (nSPS) is 32.4. The van der Waals surface area contributed by atoms with Crippen molar-refractivity contribution in [2.24, 2.45) is 39.6 Å². The maximum Gasteiger partial charge on any atom is 0.410 e. The number of fused-ring (bicyclic) bond motifs is 13. The second-order valence-electron chi connectivity index (χ2n) is 21.9. The average molecular weight is 1000 g/mol. The third-order valence-electron chi connectivity index (χ3n) is 16.3. The Morgan fingerprint density at radius 2 is 1.60 bits per heavy atom. The van der Waals surface area contributed by atoms with Gasteiger partial charge < -0.3 is 59.2 Å². The highest BCUT2D eigenvalue weighted by atomic mass is 16.7. The summed E-state index contributed by atoms with van der Waals surface area (Å²) < 4.78 is 30.5. The van der Waals surface area contributed by atoms with E-state index in [0.717, 1.165) is 25.9 Å². The maximum absolute atomic E-state index is 15.0. The largest absolute Gasteiger partial charge is 0.507 e. The predicted molar refractivity (Wildman–Crippen MR) is 269 cm³/mol. The molecule has 394 valence electrons. The molecular weight excluding hydrogens is 925 g/mol. The number of amides is 2. The van der Waals surface area contributed by atoms with Crippen LogP contribution in [0.2, 0.25) is 0 Å². The number of phenolic OH excluding ortho intramolecular Hbond substituents is 2. The molecular formula is C54H76N6O12. The van der Waals surface area contributed by atoms with Crippen LogP contribution < -0.4 is 20.8 Å². The number of hydrogen-bond acceptors (Lipinski definition) is 16. The summed E-state index contributed by atoms with van der Waals surface area (Å²) in [6, 6.07) is 0. The predicted octanol–water partition coefficient (Wildman–Crippen LogP) is 5.12. The monoisotopic (exact) mass is 1000 g/mol. The van der Waals surface area contributed by atoms with E-state index < -0.39 is 83.1 Å². The molecule has 5 N–H and O–H groups in total. The van der Waals surface area contributed by atoms with Gasteiger partial charge in [0.25, 0.3) is 11.7 Å². The van der Waals surface area contributed by atoms with Gasteiger partial charge in [-0.15, -0.1) is 0 Å². The van der Waals surface area contributed by atoms with Crippen LogP contribution in [0, 0.1) is 36.5 Å². The number of piperazine rings is 1. The Bertz CT molecular complexity index is 2660. The number of hydrogen-bond donors (Lipinski definition) is 5. The lowest BCUT2D eigenvalue weighted by molar-refractivity contribution is -0.112. The Morgan fingerprint density at radius 1 is 0.903 bits per heavy atom. The molecule has 9 atom stereocenters. The van der Waals surface area contributed by atoms with Gasteiger partial charge >= 0.3 is 11.9 Å². The molecule has 2 aromatic rings. The minimum atomic E-state index is -1.98. The highest BCUT2D eigenvalue weighted by molar-refractivity contribution is 6.19. The van der Waals surface area contributed by atoms with Gasteiger partial charge in [0.15, 0.2) is 11.4 Å². The molecule has 6 heterocycles. The molecule has 18 nitrogen and oxygen atoms in total. The first-order valence-electron chi connectivity index (χ1n) is 25.7. The van der Waals surface area contributed by atoms with Crippen molar-refractivity contribution in [3.63, 3.8) is 0 Å². The van der Waals surface area contributed by atoms with E-state index in [0.29, 0.717) is 58.1 Å². The SMILES string of the molecule is COCCN1CCN(C(=O)O[C@H]2[C@H](C)[C@H](O)[C@H](C)[C@@H](O)[C@@H](C)/C=C/C=C(/C)C(=O)Nc3c(O)c4c(O)c(C)c5c(c4c4c3=NC3(CCN(CC(C)C)CC3)N=4)C(=O)[C@@](C)(O/C=C/[C@H](OC)[C@H]2C)O5)CC12CC2. The van der Waals surface area contributed by atoms with Crippen molar-refractivity contribution in [3.05, 3.63) is 58.0 Å². The van der Waals surface area contributed by atoms with Crippen LogP contribution in [0.3, 0.4) is 0 Å². The number of phenols is 2. The third kappa shape index (κ3) is 9.86. The number of methoxy groups -OCH3 is 2. The van der Waals surface area contributed by atoms with Crippen LogP contribution in [0.1, 0.15) is 97.0 Å². The third-order valence-corrected chi connectivity index (χ3v) is 16.3. The van der Waals surface area contributed by atoms with E-state index in [1.165, 1.54) is 20.3 Å². The Labute approximate surface area is 422 Å². The summed E-state index contributed by atoms with van der Waals surface area (Å²) in [6.07, 6.45) is 6.37. The van der Waals surface area contributed by atoms with Crippen LogP contribution in [-0.4, -0.2) is 161 Å². The van der Waals surface area contributed by atoms with E-state index in [1.807, 2.05) is 13.8 Å². The summed E-state index contributed by atoms with van der Waals surface area (Å²) in [4.78, 5) is 60.2. The van der Waals surface area contributed by atoms with Crippen LogP contribution in [0.5, 0.6) is 17.2 Å². The van der Waals surface area contributed by atoms with Gasteiger partial charge in [-0.2, -0.15) is 0 Å². The topological polar surface area (TPSA) is 225 Å². The second kappa shape index (κ2) is 20.7. The lowest BCUT2D eigenvalue weighted by atomic mass is 9.78. The van der Waals surface area contributed by atoms with Crippen LogP contribution in [0.15, 0.2) is 46.1 Å². The van der Waals surface area contributed by atoms with Gasteiger partial charge in [-0.25, -0.2) is 4.79 Å². The summed E-state index contributed by atoms with van der Waals surface area (Å²) in [6.45, 7) is 21.4. The number of piperidine rings is 1. The molecule has 5 bridgehead atoms. The standard InChI is InChI=1S/C54H76N6O12/c1-29(2)27-58-20-18-54(19-21-58)56-40-37-38-45(63)35(8)48-39(37)49(65)52(9,72-48)70-25-15-36(69-11)32(5)47(71-51(67)59-22-23-60(24-26-68-10)53(28-59)16-17-53)34(7)44(62)33(6)43(61)30(3)13-12-14-31(4)50(66)55-42(46(38)64)41(40)57-54/h12-15,25,29-30,32-34,36,43-44,47,61-64H,16-24,26-28H2,1-11H3,(H,55,66)/b13-12+,25-15+,31-14-/t30-,32+,33+,34+,36-,43-,44+,47+,52-/m0/s1. The minimum absolute atomic E-state index is 0.0360. The number of likely N-dealkylation sites (tertiary alicyclic amines) is 1. The van der Waals surface area contributed by atoms with Crippen molar-refractivity contribution >= 4 is 34.2 Å². The fraction of sp³-hybridized carbons (Fsp3) is 0.648. The van der Waals surface area contributed by atoms with Gasteiger partial charge in [0, 0.05) is 126 Å². The van der Waals surface area contributed by atoms with E-state index in [2.05, 4.69) is 29.0 Å². The summed E-state index contributed by atoms with van der Waals surface area (Å²) in [7, 11) is 3.18. The molecule has 2 amide bonds. The fourth-order valence-electron chi connectivity index (χ4n) is 11.5. The molecule has 0 radical (unpaired) electrons. The van der Waals surface area contributed by atoms with Crippen LogP contribution in [0.4, 0.5) is 10.5 Å². The van der Waals surface area contributed by atoms with Crippen molar-refractivity contribution in [2.75, 3.05) is 72.0 Å². The van der Waals surface area contributed by atoms with Crippen LogP contribution >= 0.6 is 0 Å². The van der Waals surface area contributed by atoms with E-state index in [1.54, 1.807) is 64.0 Å². The highest BCUT2D eigenvalue weighted by Gasteiger charge is 2.53. The number of nitrogens with zero attached hydrogens (tertiary/aromatic N) is 5. The fourth-order valence-corrected chi connectivity index (χ4v) is 11.5. The molecule has 0 unspecified atom stereocenters. The lowest BCUT2D eigenvalue weighted by Crippen LogP contribution is -2.58. The molecule has 9 rings (SSSR count). The van der Waals surface area contributed by atoms with Gasteiger partial charge in [-0.1, -0.05) is 59.8 Å². The molecule has 0 aromatic heterocycles. The Kier molecular flexibility index (Phi) is 15.3. The summed E-state index contributed by atoms with van der Waals surface area (Å²) in [5.74, 6) is -6.08. The number of carbonyl (C=O) groups excluding carboxylic acids is 3. The minimum Gasteiger partial charge on any atom is -0.507 e. The number of ketones is 1. The van der Waals surface area contributed by atoms with E-state index in [-0.39, 0.29) is 60.9 Å². The molecule has 2 aromatic carbocycles. The maximum atomic E-state index is 15.0. The van der Waals surface area contributed by atoms with Crippen molar-refractivity contribution in [1.29, 1.82) is 0 Å². The zero-order valence-electron chi connectivity index (χ0n) is 43.9. The number of carbonyl (C=O) groups is 3. The van der Waals surface area contributed by atoms with Crippen molar-refractivity contribution < 1.29 is 58.5 Å². The molecule has 18 heteroatoms. The van der Waals surface area contributed by atoms with Gasteiger partial charge in [0.05, 0.1) is 47.5 Å². The number of allylic oxidation sites excluding steroid dienone is 2. The number of nitrogens with one attached hydrogen (secondary N) is 1. The number of benzene rings is 2. The van der Waals surface area contributed by atoms with Crippen molar-refractivity contribution in [3.8, 4) is 17.2 Å². The number of ether oxygens (including phenoxy) is 5. The summed E-state index contributed by atoms with van der Waals surface area (Å²) in [5.41, 5.74) is -0.719. The van der Waals surface area contributed by atoms with Gasteiger partial charge in [0.1, 0.15) is 28.6 Å². The highest BCUT2D eigenvalue weighted by Crippen LogP contribution is 2.50. The average Bonchev–Trinajstić information content (AvgIpc) is 3.94. The molecule has 2 saturated heterocycles. The zero-order valence-corrected chi connectivity index (χ0v) is 43.9. The number of aromatic hydroxyl groups is 2. The van der Waals surface area contributed by atoms with Gasteiger partial charge in [0.2, 0.25) is 0 Å². The molecule has 2 spiro atoms. The number of Topliss-reactive ketones (excluding diaryl/α,β-unsaturated/α-hetero) is 1. The Balaban J connectivity index is 1.20. The molecule has 7 aliphatic rings. The van der Waals surface area contributed by atoms with E-state index in [9.17, 15) is 34.8 Å². The quantitative estimate of drug-likeness (QED) is 0.227. The first-order valence-corrected chi connectivity index (χ1v) is 25.7. The second-order valence-corrected chi connectivity index (χ2v) is 21.9. The zero-order chi connectivity index (χ0) is 52.2. The van der Waals surface area contributed by atoms with Gasteiger partial charge in [-0.05, 0) is 38.7 Å². The van der Waals surface area contributed by atoms with Crippen LogP contribution in [-0.2, 0) is 23.7 Å². The first kappa shape index (κ1) is 53.2. The molecule has 3 fully saturated rings. The first-order chi connectivity index (χ1) is 34.1. The van der Waals surface area contributed by atoms with Crippen molar-refractivity contribution in [1.82, 2.24) is 14.7 Å². The Hall–Kier alpha value is -5.11. The summed E-state index contributed by atoms with van der Waals surface area (Å²) >= 11 is 0.